The smallest absolute Gasteiger partial charge is 0.191 e. The Labute approximate surface area is 128 Å². The Bertz CT molecular complexity index is 353. The van der Waals surface area contributed by atoms with Crippen LogP contribution in [0.2, 0.25) is 0 Å². The maximum Gasteiger partial charge on any atom is 0.191 e. The average molecular weight is 391 g/mol. The fraction of sp³-hybridized carbons (Fsp3) is 0.909. The van der Waals surface area contributed by atoms with Crippen LogP contribution in [0.3, 0.4) is 0 Å². The maximum atomic E-state index is 11.5. The van der Waals surface area contributed by atoms with Gasteiger partial charge in [-0.2, -0.15) is 0 Å². The molecule has 0 amide bonds. The molecule has 0 saturated carbocycles. The normalized spacial score (nSPS) is 12.8. The highest BCUT2D eigenvalue weighted by Gasteiger charge is 2.29. The number of aliphatic imine (C=N–C) groups is 1. The van der Waals surface area contributed by atoms with Crippen LogP contribution in [0.1, 0.15) is 34.1 Å². The van der Waals surface area contributed by atoms with E-state index < -0.39 is 14.6 Å². The molecule has 0 spiro atoms. The van der Waals surface area contributed by atoms with Crippen molar-refractivity contribution in [1.29, 1.82) is 0 Å². The summed E-state index contributed by atoms with van der Waals surface area (Å²) in [6.07, 6.45) is 2.24. The van der Waals surface area contributed by atoms with E-state index in [0.717, 1.165) is 19.5 Å². The number of nitrogens with one attached hydrogen (secondary N) is 2. The molecule has 0 atom stereocenters. The largest absolute Gasteiger partial charge is 0.357 e. The zero-order valence-electron chi connectivity index (χ0n) is 11.9. The van der Waals surface area contributed by atoms with E-state index in [2.05, 4.69) is 22.5 Å². The highest BCUT2D eigenvalue weighted by molar-refractivity contribution is 14.0. The summed E-state index contributed by atoms with van der Waals surface area (Å²) in [6.45, 7) is 9.26. The number of nitrogens with zero attached hydrogens (tertiary/aromatic N) is 1. The topological polar surface area (TPSA) is 70.6 Å². The van der Waals surface area contributed by atoms with Gasteiger partial charge in [0.05, 0.1) is 11.3 Å². The van der Waals surface area contributed by atoms with Crippen molar-refractivity contribution in [2.75, 3.05) is 25.9 Å². The van der Waals surface area contributed by atoms with Gasteiger partial charge in [-0.15, -0.1) is 24.0 Å². The van der Waals surface area contributed by atoms with Crippen LogP contribution in [0.4, 0.5) is 0 Å². The molecule has 0 aliphatic carbocycles. The third kappa shape index (κ3) is 7.40. The highest BCUT2D eigenvalue weighted by Crippen LogP contribution is 2.14. The van der Waals surface area contributed by atoms with Gasteiger partial charge in [0, 0.05) is 19.3 Å². The fourth-order valence-corrected chi connectivity index (χ4v) is 1.27. The fourth-order valence-electron chi connectivity index (χ4n) is 0.972. The number of guanidine groups is 1. The Morgan fingerprint density at radius 1 is 1.22 bits per heavy atom. The van der Waals surface area contributed by atoms with Crippen LogP contribution in [0.25, 0.3) is 0 Å². The maximum absolute atomic E-state index is 11.5. The quantitative estimate of drug-likeness (QED) is 0.408. The minimum atomic E-state index is -3.10. The van der Waals surface area contributed by atoms with Gasteiger partial charge < -0.3 is 10.6 Å². The molecule has 0 radical (unpaired) electrons. The predicted molar refractivity (Wildman–Crippen MR) is 88.6 cm³/mol. The second-order valence-corrected chi connectivity index (χ2v) is 7.30. The summed E-state index contributed by atoms with van der Waals surface area (Å²) in [4.78, 5) is 4.30. The molecule has 0 heterocycles. The van der Waals surface area contributed by atoms with E-state index in [0.29, 0.717) is 5.96 Å². The van der Waals surface area contributed by atoms with E-state index >= 15 is 0 Å². The Hall–Kier alpha value is -0.0500. The lowest BCUT2D eigenvalue weighted by molar-refractivity contribution is 0.554. The van der Waals surface area contributed by atoms with E-state index in [1.54, 1.807) is 13.8 Å². The number of rotatable bonds is 6. The molecular formula is C11H26IN3O2S. The molecule has 0 aliphatic rings. The van der Waals surface area contributed by atoms with Crippen LogP contribution in [0.15, 0.2) is 4.99 Å². The van der Waals surface area contributed by atoms with Crippen LogP contribution in [-0.4, -0.2) is 45.0 Å². The van der Waals surface area contributed by atoms with Crippen molar-refractivity contribution in [1.82, 2.24) is 10.6 Å². The van der Waals surface area contributed by atoms with E-state index in [1.807, 2.05) is 6.92 Å². The van der Waals surface area contributed by atoms with Crippen LogP contribution >= 0.6 is 24.0 Å². The zero-order valence-corrected chi connectivity index (χ0v) is 15.1. The summed E-state index contributed by atoms with van der Waals surface area (Å²) in [7, 11) is -3.10. The third-order valence-electron chi connectivity index (χ3n) is 2.51. The van der Waals surface area contributed by atoms with Crippen LogP contribution in [-0.2, 0) is 9.84 Å². The molecule has 0 rings (SSSR count). The van der Waals surface area contributed by atoms with Gasteiger partial charge in [0.25, 0.3) is 0 Å². The monoisotopic (exact) mass is 391 g/mol. The van der Waals surface area contributed by atoms with Gasteiger partial charge in [-0.05, 0) is 27.2 Å². The summed E-state index contributed by atoms with van der Waals surface area (Å²) < 4.78 is 22.2. The molecule has 110 valence electrons. The molecule has 0 aromatic heterocycles. The summed E-state index contributed by atoms with van der Waals surface area (Å²) in [5, 5.41) is 6.22. The van der Waals surface area contributed by atoms with Gasteiger partial charge in [-0.3, -0.25) is 4.99 Å². The standard InChI is InChI=1S/C11H25N3O2S.HI/c1-6-8-13-10(12-7-2)14-9-11(3,4)17(5,15)16;/h6-9H2,1-5H3,(H2,12,13,14);1H. The molecule has 0 unspecified atom stereocenters. The summed E-state index contributed by atoms with van der Waals surface area (Å²) in [5.74, 6) is 0.672. The molecule has 0 aromatic rings. The van der Waals surface area contributed by atoms with Gasteiger partial charge in [0.1, 0.15) is 0 Å². The van der Waals surface area contributed by atoms with Crippen molar-refractivity contribution in [3.05, 3.63) is 0 Å². The highest BCUT2D eigenvalue weighted by atomic mass is 127. The van der Waals surface area contributed by atoms with Crippen molar-refractivity contribution in [2.24, 2.45) is 4.99 Å². The summed E-state index contributed by atoms with van der Waals surface area (Å²) in [6, 6.07) is 0. The molecule has 18 heavy (non-hydrogen) atoms. The van der Waals surface area contributed by atoms with E-state index in [4.69, 9.17) is 0 Å². The lowest BCUT2D eigenvalue weighted by Crippen LogP contribution is -2.40. The summed E-state index contributed by atoms with van der Waals surface area (Å²) >= 11 is 0. The molecule has 0 saturated heterocycles. The molecule has 0 bridgehead atoms. The number of sulfone groups is 1. The van der Waals surface area contributed by atoms with Crippen molar-refractivity contribution in [3.8, 4) is 0 Å². The van der Waals surface area contributed by atoms with Crippen LogP contribution in [0, 0.1) is 0 Å². The minimum absolute atomic E-state index is 0. The van der Waals surface area contributed by atoms with E-state index in [9.17, 15) is 8.42 Å². The minimum Gasteiger partial charge on any atom is -0.357 e. The number of hydrogen-bond acceptors (Lipinski definition) is 3. The first-order chi connectivity index (χ1) is 7.74. The molecule has 0 aromatic carbocycles. The molecule has 5 nitrogen and oxygen atoms in total. The van der Waals surface area contributed by atoms with Gasteiger partial charge in [-0.25, -0.2) is 8.42 Å². The van der Waals surface area contributed by atoms with Crippen molar-refractivity contribution in [3.63, 3.8) is 0 Å². The Morgan fingerprint density at radius 2 is 1.78 bits per heavy atom. The van der Waals surface area contributed by atoms with Gasteiger partial charge in [-0.1, -0.05) is 6.92 Å². The molecular weight excluding hydrogens is 365 g/mol. The van der Waals surface area contributed by atoms with Gasteiger partial charge in [0.2, 0.25) is 0 Å². The Morgan fingerprint density at radius 3 is 2.17 bits per heavy atom. The predicted octanol–water partition coefficient (Wildman–Crippen LogP) is 1.39. The van der Waals surface area contributed by atoms with Crippen molar-refractivity contribution in [2.45, 2.75) is 38.9 Å². The zero-order chi connectivity index (χ0) is 13.5. The Kier molecular flexibility index (Phi) is 10.1. The van der Waals surface area contributed by atoms with Crippen molar-refractivity contribution >= 4 is 39.8 Å². The van der Waals surface area contributed by atoms with E-state index in [1.165, 1.54) is 6.26 Å². The third-order valence-corrected chi connectivity index (χ3v) is 4.65. The van der Waals surface area contributed by atoms with Gasteiger partial charge in [0.15, 0.2) is 15.8 Å². The van der Waals surface area contributed by atoms with Crippen LogP contribution < -0.4 is 10.6 Å². The molecule has 0 aliphatic heterocycles. The first kappa shape index (κ1) is 20.3. The second-order valence-electron chi connectivity index (χ2n) is 4.65. The summed E-state index contributed by atoms with van der Waals surface area (Å²) in [5.41, 5.74) is 0. The average Bonchev–Trinajstić information content (AvgIpc) is 2.20. The number of hydrogen-bond donors (Lipinski definition) is 2. The first-order valence-electron chi connectivity index (χ1n) is 5.96. The van der Waals surface area contributed by atoms with Crippen LogP contribution in [0.5, 0.6) is 0 Å². The molecule has 0 fully saturated rings. The lowest BCUT2D eigenvalue weighted by Gasteiger charge is -2.21. The van der Waals surface area contributed by atoms with Gasteiger partial charge >= 0.3 is 0 Å². The Balaban J connectivity index is 0. The second kappa shape index (κ2) is 8.95. The van der Waals surface area contributed by atoms with E-state index in [-0.39, 0.29) is 30.5 Å². The number of halogens is 1. The first-order valence-corrected chi connectivity index (χ1v) is 7.85. The molecule has 2 N–H and O–H groups in total. The van der Waals surface area contributed by atoms with Crippen molar-refractivity contribution < 1.29 is 8.42 Å². The lowest BCUT2D eigenvalue weighted by atomic mass is 10.2. The SMILES string of the molecule is CCCNC(=NCC(C)(C)S(C)(=O)=O)NCC.I. The molecule has 7 heteroatoms.